The van der Waals surface area contributed by atoms with Crippen molar-refractivity contribution in [2.75, 3.05) is 7.11 Å². The number of H-pyrrole nitrogens is 1. The van der Waals surface area contributed by atoms with E-state index >= 15 is 0 Å². The van der Waals surface area contributed by atoms with Crippen LogP contribution in [0.25, 0.3) is 11.3 Å². The van der Waals surface area contributed by atoms with Gasteiger partial charge in [0.05, 0.1) is 19.0 Å². The molecule has 0 bridgehead atoms. The number of amides is 1. The third-order valence-electron chi connectivity index (χ3n) is 4.69. The first-order valence-electron chi connectivity index (χ1n) is 10.0. The van der Waals surface area contributed by atoms with Crippen LogP contribution in [0.5, 0.6) is 11.5 Å². The van der Waals surface area contributed by atoms with Crippen molar-refractivity contribution in [3.8, 4) is 22.8 Å². The van der Waals surface area contributed by atoms with Crippen molar-refractivity contribution in [1.29, 1.82) is 0 Å². The van der Waals surface area contributed by atoms with Gasteiger partial charge in [-0.15, -0.1) is 0 Å². The quantitative estimate of drug-likeness (QED) is 0.322. The Hall–Kier alpha value is -4.39. The molecular formula is C25H22N4O3. The van der Waals surface area contributed by atoms with E-state index in [9.17, 15) is 4.79 Å². The molecule has 0 aliphatic rings. The van der Waals surface area contributed by atoms with Gasteiger partial charge in [0, 0.05) is 5.56 Å². The summed E-state index contributed by atoms with van der Waals surface area (Å²) in [6, 6.07) is 26.6. The minimum Gasteiger partial charge on any atom is -0.497 e. The number of hydrogen-bond donors (Lipinski definition) is 2. The van der Waals surface area contributed by atoms with Crippen LogP contribution < -0.4 is 14.9 Å². The third-order valence-corrected chi connectivity index (χ3v) is 4.69. The molecule has 0 fully saturated rings. The summed E-state index contributed by atoms with van der Waals surface area (Å²) in [4.78, 5) is 12.3. The number of ether oxygens (including phenoxy) is 2. The Morgan fingerprint density at radius 3 is 2.59 bits per heavy atom. The second-order valence-electron chi connectivity index (χ2n) is 6.94. The van der Waals surface area contributed by atoms with Crippen LogP contribution in [0.1, 0.15) is 21.6 Å². The molecule has 0 saturated heterocycles. The number of rotatable bonds is 8. The lowest BCUT2D eigenvalue weighted by Crippen LogP contribution is -2.18. The zero-order valence-corrected chi connectivity index (χ0v) is 17.5. The Labute approximate surface area is 185 Å². The normalized spacial score (nSPS) is 10.8. The van der Waals surface area contributed by atoms with E-state index in [0.717, 1.165) is 28.2 Å². The molecule has 7 nitrogen and oxygen atoms in total. The van der Waals surface area contributed by atoms with E-state index in [4.69, 9.17) is 9.47 Å². The lowest BCUT2D eigenvalue weighted by atomic mass is 10.1. The number of hydrogen-bond acceptors (Lipinski definition) is 5. The first-order chi connectivity index (χ1) is 15.7. The van der Waals surface area contributed by atoms with E-state index in [1.54, 1.807) is 19.4 Å². The fourth-order valence-corrected chi connectivity index (χ4v) is 3.00. The molecule has 0 radical (unpaired) electrons. The highest BCUT2D eigenvalue weighted by molar-refractivity contribution is 5.94. The molecule has 4 rings (SSSR count). The van der Waals surface area contributed by atoms with Crippen LogP contribution in [-0.4, -0.2) is 29.4 Å². The highest BCUT2D eigenvalue weighted by Gasteiger charge is 2.10. The number of nitrogens with one attached hydrogen (secondary N) is 2. The average Bonchev–Trinajstić information content (AvgIpc) is 3.34. The Bertz CT molecular complexity index is 1200. The molecule has 0 saturated carbocycles. The van der Waals surface area contributed by atoms with Crippen molar-refractivity contribution in [2.24, 2.45) is 5.10 Å². The van der Waals surface area contributed by atoms with Gasteiger partial charge in [0.25, 0.3) is 5.91 Å². The van der Waals surface area contributed by atoms with Gasteiger partial charge in [-0.05, 0) is 53.6 Å². The Morgan fingerprint density at radius 2 is 1.81 bits per heavy atom. The molecular weight excluding hydrogens is 404 g/mol. The van der Waals surface area contributed by atoms with Crippen molar-refractivity contribution in [1.82, 2.24) is 15.6 Å². The van der Waals surface area contributed by atoms with E-state index in [1.807, 2.05) is 78.9 Å². The van der Waals surface area contributed by atoms with Crippen molar-refractivity contribution >= 4 is 12.1 Å². The first-order valence-corrected chi connectivity index (χ1v) is 10.0. The SMILES string of the molecule is COc1cccc(/C=N/NC(=O)c2cc(-c3ccc(OCc4ccccc4)cc3)n[nH]2)c1. The fourth-order valence-electron chi connectivity index (χ4n) is 3.00. The summed E-state index contributed by atoms with van der Waals surface area (Å²) in [5, 5.41) is 11.0. The minimum absolute atomic E-state index is 0.312. The molecule has 1 aromatic heterocycles. The summed E-state index contributed by atoms with van der Waals surface area (Å²) in [5.74, 6) is 1.10. The van der Waals surface area contributed by atoms with Gasteiger partial charge in [-0.1, -0.05) is 42.5 Å². The van der Waals surface area contributed by atoms with Crippen LogP contribution in [0, 0.1) is 0 Å². The highest BCUT2D eigenvalue weighted by atomic mass is 16.5. The van der Waals surface area contributed by atoms with Crippen molar-refractivity contribution in [3.63, 3.8) is 0 Å². The Kier molecular flexibility index (Phi) is 6.57. The predicted octanol–water partition coefficient (Wildman–Crippen LogP) is 4.43. The Balaban J connectivity index is 1.34. The molecule has 0 aliphatic carbocycles. The summed E-state index contributed by atoms with van der Waals surface area (Å²) in [6.45, 7) is 0.503. The van der Waals surface area contributed by atoms with E-state index in [-0.39, 0.29) is 5.91 Å². The lowest BCUT2D eigenvalue weighted by molar-refractivity contribution is 0.0950. The van der Waals surface area contributed by atoms with E-state index in [2.05, 4.69) is 20.7 Å². The second-order valence-corrected chi connectivity index (χ2v) is 6.94. The van der Waals surface area contributed by atoms with E-state index in [1.165, 1.54) is 0 Å². The number of carbonyl (C=O) groups excluding carboxylic acids is 1. The monoisotopic (exact) mass is 426 g/mol. The molecule has 1 heterocycles. The molecule has 32 heavy (non-hydrogen) atoms. The zero-order valence-electron chi connectivity index (χ0n) is 17.5. The highest BCUT2D eigenvalue weighted by Crippen LogP contribution is 2.22. The largest absolute Gasteiger partial charge is 0.497 e. The topological polar surface area (TPSA) is 88.6 Å². The molecule has 7 heteroatoms. The fraction of sp³-hybridized carbons (Fsp3) is 0.0800. The molecule has 0 unspecified atom stereocenters. The molecule has 1 amide bonds. The van der Waals surface area contributed by atoms with Crippen LogP contribution in [0.4, 0.5) is 0 Å². The van der Waals surface area contributed by atoms with Crippen molar-refractivity contribution in [2.45, 2.75) is 6.61 Å². The van der Waals surface area contributed by atoms with Crippen LogP contribution in [0.15, 0.2) is 90.0 Å². The van der Waals surface area contributed by atoms with E-state index < -0.39 is 0 Å². The predicted molar refractivity (Wildman–Crippen MR) is 123 cm³/mol. The summed E-state index contributed by atoms with van der Waals surface area (Å²) in [5.41, 5.74) is 6.24. The minimum atomic E-state index is -0.384. The first kappa shape index (κ1) is 20.9. The van der Waals surface area contributed by atoms with E-state index in [0.29, 0.717) is 18.0 Å². The van der Waals surface area contributed by atoms with Crippen LogP contribution >= 0.6 is 0 Å². The molecule has 3 aromatic carbocycles. The average molecular weight is 426 g/mol. The van der Waals surface area contributed by atoms with Gasteiger partial charge in [0.1, 0.15) is 23.8 Å². The maximum Gasteiger partial charge on any atom is 0.289 e. The smallest absolute Gasteiger partial charge is 0.289 e. The van der Waals surface area contributed by atoms with Crippen molar-refractivity contribution < 1.29 is 14.3 Å². The number of hydrazone groups is 1. The van der Waals surface area contributed by atoms with Gasteiger partial charge >= 0.3 is 0 Å². The summed E-state index contributed by atoms with van der Waals surface area (Å²) >= 11 is 0. The van der Waals surface area contributed by atoms with Crippen LogP contribution in [0.3, 0.4) is 0 Å². The number of aromatic nitrogens is 2. The standard InChI is InChI=1S/C25H22N4O3/c1-31-22-9-5-8-19(14-22)16-26-29-25(30)24-15-23(27-28-24)20-10-12-21(13-11-20)32-17-18-6-3-2-4-7-18/h2-16H,17H2,1H3,(H,27,28)(H,29,30)/b26-16+. The number of carbonyl (C=O) groups is 1. The Morgan fingerprint density at radius 1 is 1.00 bits per heavy atom. The molecule has 4 aromatic rings. The van der Waals surface area contributed by atoms with Gasteiger partial charge in [0.15, 0.2) is 0 Å². The summed E-state index contributed by atoms with van der Waals surface area (Å²) in [6.07, 6.45) is 1.55. The number of nitrogens with zero attached hydrogens (tertiary/aromatic N) is 2. The summed E-state index contributed by atoms with van der Waals surface area (Å²) < 4.78 is 11.0. The van der Waals surface area contributed by atoms with Crippen LogP contribution in [0.2, 0.25) is 0 Å². The number of methoxy groups -OCH3 is 1. The number of benzene rings is 3. The van der Waals surface area contributed by atoms with Gasteiger partial charge in [-0.2, -0.15) is 10.2 Å². The maximum atomic E-state index is 12.3. The number of aromatic amines is 1. The van der Waals surface area contributed by atoms with Crippen LogP contribution in [-0.2, 0) is 6.61 Å². The molecule has 160 valence electrons. The van der Waals surface area contributed by atoms with Gasteiger partial charge in [0.2, 0.25) is 0 Å². The van der Waals surface area contributed by atoms with Gasteiger partial charge < -0.3 is 9.47 Å². The molecule has 0 atom stereocenters. The van der Waals surface area contributed by atoms with Gasteiger partial charge in [-0.25, -0.2) is 5.43 Å². The molecule has 0 spiro atoms. The maximum absolute atomic E-state index is 12.3. The zero-order chi connectivity index (χ0) is 22.2. The summed E-state index contributed by atoms with van der Waals surface area (Å²) in [7, 11) is 1.60. The molecule has 2 N–H and O–H groups in total. The van der Waals surface area contributed by atoms with Crippen molar-refractivity contribution in [3.05, 3.63) is 102 Å². The molecule has 0 aliphatic heterocycles. The second kappa shape index (κ2) is 10.1. The lowest BCUT2D eigenvalue weighted by Gasteiger charge is -2.06. The van der Waals surface area contributed by atoms with Gasteiger partial charge in [-0.3, -0.25) is 9.89 Å². The third kappa shape index (κ3) is 5.40.